The zero-order valence-electron chi connectivity index (χ0n) is 10.9. The van der Waals surface area contributed by atoms with Crippen LogP contribution < -0.4 is 5.32 Å². The van der Waals surface area contributed by atoms with E-state index in [0.717, 1.165) is 29.4 Å². The molecule has 5 nitrogen and oxygen atoms in total. The number of hydrogen-bond donors (Lipinski definition) is 2. The van der Waals surface area contributed by atoms with Gasteiger partial charge in [0, 0.05) is 12.1 Å². The number of furan rings is 1. The van der Waals surface area contributed by atoms with E-state index in [1.165, 1.54) is 12.8 Å². The molecule has 20 heavy (non-hydrogen) atoms. The highest BCUT2D eigenvalue weighted by atomic mass is 16.3. The first-order valence-corrected chi connectivity index (χ1v) is 7.21. The maximum Gasteiger partial charge on any atom is 0.272 e. The highest BCUT2D eigenvalue weighted by Gasteiger charge is 2.67. The minimum atomic E-state index is -0.0674. The Hall–Kier alpha value is -2.04. The molecule has 102 valence electrons. The lowest BCUT2D eigenvalue weighted by molar-refractivity contribution is 0.0923. The van der Waals surface area contributed by atoms with Crippen molar-refractivity contribution in [2.45, 2.75) is 18.9 Å². The maximum absolute atomic E-state index is 12.3. The number of amides is 1. The molecule has 0 unspecified atom stereocenters. The van der Waals surface area contributed by atoms with E-state index in [2.05, 4.69) is 15.5 Å². The minimum absolute atomic E-state index is 0.0674. The quantitative estimate of drug-likeness (QED) is 0.896. The van der Waals surface area contributed by atoms with Crippen LogP contribution in [0.25, 0.3) is 11.5 Å². The highest BCUT2D eigenvalue weighted by molar-refractivity contribution is 5.93. The highest BCUT2D eigenvalue weighted by Crippen LogP contribution is 2.69. The van der Waals surface area contributed by atoms with Gasteiger partial charge in [-0.25, -0.2) is 0 Å². The Morgan fingerprint density at radius 3 is 2.80 bits per heavy atom. The summed E-state index contributed by atoms with van der Waals surface area (Å²) < 4.78 is 5.29. The van der Waals surface area contributed by atoms with E-state index in [-0.39, 0.29) is 5.91 Å². The van der Waals surface area contributed by atoms with E-state index in [1.54, 1.807) is 12.3 Å². The molecule has 3 aliphatic rings. The Labute approximate surface area is 115 Å². The molecule has 2 aromatic heterocycles. The normalized spacial score (nSPS) is 36.3. The first-order chi connectivity index (χ1) is 9.81. The lowest BCUT2D eigenvalue weighted by Gasteiger charge is -2.14. The van der Waals surface area contributed by atoms with E-state index in [1.807, 2.05) is 12.1 Å². The monoisotopic (exact) mass is 269 g/mol. The zero-order chi connectivity index (χ0) is 13.3. The molecule has 0 saturated heterocycles. The van der Waals surface area contributed by atoms with Gasteiger partial charge in [-0.2, -0.15) is 5.10 Å². The molecule has 0 spiro atoms. The first-order valence-electron chi connectivity index (χ1n) is 7.21. The van der Waals surface area contributed by atoms with Crippen LogP contribution in [0.2, 0.25) is 0 Å². The molecular weight excluding hydrogens is 254 g/mol. The second kappa shape index (κ2) is 3.53. The fourth-order valence-electron chi connectivity index (χ4n) is 4.03. The zero-order valence-corrected chi connectivity index (χ0v) is 10.9. The summed E-state index contributed by atoms with van der Waals surface area (Å²) in [6, 6.07) is 5.80. The fourth-order valence-corrected chi connectivity index (χ4v) is 4.03. The van der Waals surface area contributed by atoms with Crippen molar-refractivity contribution in [2.24, 2.45) is 23.7 Å². The number of fused-ring (bicyclic) bond motifs is 3. The summed E-state index contributed by atoms with van der Waals surface area (Å²) in [5.41, 5.74) is 1.18. The largest absolute Gasteiger partial charge is 0.463 e. The minimum Gasteiger partial charge on any atom is -0.463 e. The number of carbonyl (C=O) groups is 1. The molecule has 5 heteroatoms. The second-order valence-corrected chi connectivity index (χ2v) is 6.27. The van der Waals surface area contributed by atoms with Gasteiger partial charge in [0.25, 0.3) is 5.91 Å². The number of aromatic amines is 1. The Bertz CT molecular complexity index is 659. The number of carbonyl (C=O) groups excluding carboxylic acids is 1. The van der Waals surface area contributed by atoms with Gasteiger partial charge in [0.1, 0.15) is 5.69 Å². The number of nitrogens with zero attached hydrogens (tertiary/aromatic N) is 1. The molecule has 2 N–H and O–H groups in total. The van der Waals surface area contributed by atoms with Gasteiger partial charge in [-0.1, -0.05) is 0 Å². The predicted molar refractivity (Wildman–Crippen MR) is 70.7 cm³/mol. The standard InChI is InChI=1S/C15H15N3O2/c19-15(16-14-9-4-7(9)8-5-10(8)14)12-6-11(17-18-12)13-2-1-3-20-13/h1-3,6-10,14H,4-5H2,(H,16,19)(H,17,18)/t7-,8-,9-,10-/m1/s1. The molecule has 0 bridgehead atoms. The van der Waals surface area contributed by atoms with Gasteiger partial charge >= 0.3 is 0 Å². The van der Waals surface area contributed by atoms with Crippen LogP contribution in [0.3, 0.4) is 0 Å². The topological polar surface area (TPSA) is 70.9 Å². The predicted octanol–water partition coefficient (Wildman–Crippen LogP) is 2.05. The van der Waals surface area contributed by atoms with Crippen molar-refractivity contribution >= 4 is 5.91 Å². The summed E-state index contributed by atoms with van der Waals surface area (Å²) in [4.78, 5) is 12.3. The number of hydrogen-bond acceptors (Lipinski definition) is 3. The summed E-state index contributed by atoms with van der Waals surface area (Å²) in [5, 5.41) is 10.1. The van der Waals surface area contributed by atoms with E-state index in [9.17, 15) is 4.79 Å². The molecule has 3 saturated carbocycles. The van der Waals surface area contributed by atoms with Crippen LogP contribution in [-0.2, 0) is 0 Å². The van der Waals surface area contributed by atoms with Crippen LogP contribution in [0, 0.1) is 23.7 Å². The van der Waals surface area contributed by atoms with Crippen molar-refractivity contribution in [2.75, 3.05) is 0 Å². The van der Waals surface area contributed by atoms with Gasteiger partial charge < -0.3 is 9.73 Å². The van der Waals surface area contributed by atoms with Crippen LogP contribution >= 0.6 is 0 Å². The van der Waals surface area contributed by atoms with Crippen molar-refractivity contribution < 1.29 is 9.21 Å². The molecule has 2 heterocycles. The van der Waals surface area contributed by atoms with Crippen LogP contribution in [0.5, 0.6) is 0 Å². The summed E-state index contributed by atoms with van der Waals surface area (Å²) in [6.45, 7) is 0. The van der Waals surface area contributed by atoms with Crippen LogP contribution in [0.15, 0.2) is 28.9 Å². The Morgan fingerprint density at radius 2 is 2.10 bits per heavy atom. The Morgan fingerprint density at radius 1 is 1.30 bits per heavy atom. The van der Waals surface area contributed by atoms with Crippen molar-refractivity contribution in [3.63, 3.8) is 0 Å². The van der Waals surface area contributed by atoms with Gasteiger partial charge in [-0.05, 0) is 48.6 Å². The number of rotatable bonds is 3. The van der Waals surface area contributed by atoms with Crippen molar-refractivity contribution in [1.29, 1.82) is 0 Å². The number of aromatic nitrogens is 2. The molecule has 0 aromatic carbocycles. The lowest BCUT2D eigenvalue weighted by atomic mass is 10.1. The molecule has 0 radical (unpaired) electrons. The van der Waals surface area contributed by atoms with E-state index in [4.69, 9.17) is 4.42 Å². The second-order valence-electron chi connectivity index (χ2n) is 6.27. The Kier molecular flexibility index (Phi) is 1.89. The molecule has 3 fully saturated rings. The van der Waals surface area contributed by atoms with Gasteiger partial charge in [0.2, 0.25) is 0 Å². The fraction of sp³-hybridized carbons (Fsp3) is 0.467. The molecule has 5 rings (SSSR count). The summed E-state index contributed by atoms with van der Waals surface area (Å²) >= 11 is 0. The summed E-state index contributed by atoms with van der Waals surface area (Å²) in [7, 11) is 0. The van der Waals surface area contributed by atoms with E-state index in [0.29, 0.717) is 17.5 Å². The van der Waals surface area contributed by atoms with E-state index < -0.39 is 0 Å². The third-order valence-electron chi connectivity index (χ3n) is 5.15. The number of H-pyrrole nitrogens is 1. The molecule has 3 aliphatic carbocycles. The molecule has 4 atom stereocenters. The lowest BCUT2D eigenvalue weighted by Crippen LogP contribution is -2.37. The van der Waals surface area contributed by atoms with Crippen molar-refractivity contribution in [3.8, 4) is 11.5 Å². The first kappa shape index (κ1) is 10.7. The summed E-state index contributed by atoms with van der Waals surface area (Å²) in [5.74, 6) is 3.92. The summed E-state index contributed by atoms with van der Waals surface area (Å²) in [6.07, 6.45) is 4.23. The average molecular weight is 269 g/mol. The maximum atomic E-state index is 12.3. The van der Waals surface area contributed by atoms with Gasteiger partial charge in [-0.15, -0.1) is 0 Å². The van der Waals surface area contributed by atoms with Crippen molar-refractivity contribution in [3.05, 3.63) is 30.2 Å². The molecule has 0 aliphatic heterocycles. The molecular formula is C15H15N3O2. The van der Waals surface area contributed by atoms with Gasteiger partial charge in [-0.3, -0.25) is 9.89 Å². The molecule has 1 amide bonds. The van der Waals surface area contributed by atoms with Crippen LogP contribution in [-0.4, -0.2) is 22.1 Å². The molecule has 2 aromatic rings. The number of nitrogens with one attached hydrogen (secondary N) is 2. The smallest absolute Gasteiger partial charge is 0.272 e. The van der Waals surface area contributed by atoms with Crippen molar-refractivity contribution in [1.82, 2.24) is 15.5 Å². The van der Waals surface area contributed by atoms with Gasteiger partial charge in [0.05, 0.1) is 6.26 Å². The third kappa shape index (κ3) is 1.43. The van der Waals surface area contributed by atoms with Gasteiger partial charge in [0.15, 0.2) is 11.5 Å². The van der Waals surface area contributed by atoms with Crippen LogP contribution in [0.1, 0.15) is 23.3 Å². The SMILES string of the molecule is O=C(NC1[C@@H]2C[C@@H]2[C@H]2C[C@@H]12)c1cc(-c2ccco2)[nH]n1. The Balaban J connectivity index is 1.34. The third-order valence-corrected chi connectivity index (χ3v) is 5.15. The van der Waals surface area contributed by atoms with E-state index >= 15 is 0 Å². The van der Waals surface area contributed by atoms with Crippen LogP contribution in [0.4, 0.5) is 0 Å². The average Bonchev–Trinajstić information content (AvgIpc) is 3.23.